The highest BCUT2D eigenvalue weighted by atomic mass is 16.6. The Labute approximate surface area is 116 Å². The summed E-state index contributed by atoms with van der Waals surface area (Å²) in [7, 11) is 0. The van der Waals surface area contributed by atoms with Gasteiger partial charge in [-0.2, -0.15) is 0 Å². The highest BCUT2D eigenvalue weighted by molar-refractivity contribution is 6.00. The lowest BCUT2D eigenvalue weighted by atomic mass is 10.1. The highest BCUT2D eigenvalue weighted by Gasteiger charge is 2.24. The molecule has 5 heteroatoms. The Balaban J connectivity index is 2.51. The third-order valence-electron chi connectivity index (χ3n) is 2.74. The maximum atomic E-state index is 12.2. The Bertz CT molecular complexity index is 664. The number of H-pyrrole nitrogens is 1. The number of aliphatic carboxylic acids is 1. The van der Waals surface area contributed by atoms with Crippen molar-refractivity contribution in [2.75, 3.05) is 0 Å². The molecule has 20 heavy (non-hydrogen) atoms. The van der Waals surface area contributed by atoms with Gasteiger partial charge in [0, 0.05) is 16.5 Å². The van der Waals surface area contributed by atoms with Crippen molar-refractivity contribution in [3.05, 3.63) is 35.5 Å². The lowest BCUT2D eigenvalue weighted by molar-refractivity contribution is -0.136. The van der Waals surface area contributed by atoms with Crippen LogP contribution in [0.4, 0.5) is 0 Å². The van der Waals surface area contributed by atoms with Crippen LogP contribution in [0.3, 0.4) is 0 Å². The monoisotopic (exact) mass is 275 g/mol. The summed E-state index contributed by atoms with van der Waals surface area (Å²) in [5.74, 6) is -1.52. The van der Waals surface area contributed by atoms with Gasteiger partial charge in [-0.25, -0.2) is 4.79 Å². The van der Waals surface area contributed by atoms with Crippen molar-refractivity contribution in [2.24, 2.45) is 0 Å². The van der Waals surface area contributed by atoms with Crippen molar-refractivity contribution in [3.8, 4) is 0 Å². The number of para-hydroxylation sites is 1. The van der Waals surface area contributed by atoms with Gasteiger partial charge in [-0.15, -0.1) is 0 Å². The third-order valence-corrected chi connectivity index (χ3v) is 2.74. The molecule has 0 spiro atoms. The molecule has 0 radical (unpaired) electrons. The van der Waals surface area contributed by atoms with Gasteiger partial charge in [0.05, 0.1) is 6.42 Å². The number of aromatic amines is 1. The fourth-order valence-electron chi connectivity index (χ4n) is 2.04. The van der Waals surface area contributed by atoms with Gasteiger partial charge in [-0.3, -0.25) is 4.79 Å². The molecular weight excluding hydrogens is 258 g/mol. The zero-order chi connectivity index (χ0) is 14.9. The summed E-state index contributed by atoms with van der Waals surface area (Å²) in [4.78, 5) is 26.1. The largest absolute Gasteiger partial charge is 0.481 e. The first-order valence-electron chi connectivity index (χ1n) is 6.32. The number of nitrogens with one attached hydrogen (secondary N) is 1. The Morgan fingerprint density at radius 1 is 1.25 bits per heavy atom. The molecule has 106 valence electrons. The van der Waals surface area contributed by atoms with Gasteiger partial charge in [0.25, 0.3) is 0 Å². The molecule has 1 aromatic carbocycles. The second-order valence-corrected chi connectivity index (χ2v) is 5.60. The molecule has 0 bridgehead atoms. The van der Waals surface area contributed by atoms with Gasteiger partial charge in [0.2, 0.25) is 0 Å². The van der Waals surface area contributed by atoms with Crippen LogP contribution in [0.15, 0.2) is 24.3 Å². The average molecular weight is 275 g/mol. The number of carboxylic acids is 1. The van der Waals surface area contributed by atoms with E-state index in [1.165, 1.54) is 0 Å². The number of ether oxygens (including phenoxy) is 1. The summed E-state index contributed by atoms with van der Waals surface area (Å²) in [6.07, 6.45) is -0.224. The highest BCUT2D eigenvalue weighted by Crippen LogP contribution is 2.25. The first-order chi connectivity index (χ1) is 9.28. The molecule has 2 aromatic rings. The second kappa shape index (κ2) is 5.00. The third kappa shape index (κ3) is 2.99. The Hall–Kier alpha value is -2.30. The molecule has 0 fully saturated rings. The number of carbonyl (C=O) groups excluding carboxylic acids is 1. The molecule has 0 aliphatic heterocycles. The molecule has 0 saturated heterocycles. The minimum Gasteiger partial charge on any atom is -0.481 e. The van der Waals surface area contributed by atoms with Crippen molar-refractivity contribution in [2.45, 2.75) is 32.8 Å². The van der Waals surface area contributed by atoms with Gasteiger partial charge in [-0.1, -0.05) is 18.2 Å². The van der Waals surface area contributed by atoms with E-state index >= 15 is 0 Å². The molecule has 0 atom stereocenters. The first-order valence-corrected chi connectivity index (χ1v) is 6.32. The molecule has 2 N–H and O–H groups in total. The predicted molar refractivity (Wildman–Crippen MR) is 74.8 cm³/mol. The maximum absolute atomic E-state index is 12.2. The Morgan fingerprint density at radius 2 is 1.90 bits per heavy atom. The van der Waals surface area contributed by atoms with Gasteiger partial charge in [0.15, 0.2) is 0 Å². The van der Waals surface area contributed by atoms with Crippen molar-refractivity contribution in [1.82, 2.24) is 4.98 Å². The van der Waals surface area contributed by atoms with Crippen molar-refractivity contribution < 1.29 is 19.4 Å². The normalized spacial score (nSPS) is 11.6. The predicted octanol–water partition coefficient (Wildman–Crippen LogP) is 2.75. The van der Waals surface area contributed by atoms with Gasteiger partial charge >= 0.3 is 11.9 Å². The van der Waals surface area contributed by atoms with E-state index in [1.54, 1.807) is 39.0 Å². The van der Waals surface area contributed by atoms with E-state index < -0.39 is 17.5 Å². The first kappa shape index (κ1) is 14.1. The number of esters is 1. The molecule has 0 aliphatic rings. The van der Waals surface area contributed by atoms with Gasteiger partial charge in [0.1, 0.15) is 11.3 Å². The van der Waals surface area contributed by atoms with E-state index in [0.717, 1.165) is 10.9 Å². The topological polar surface area (TPSA) is 79.4 Å². The number of aromatic nitrogens is 1. The van der Waals surface area contributed by atoms with Crippen LogP contribution in [0.25, 0.3) is 10.9 Å². The molecule has 1 aromatic heterocycles. The zero-order valence-electron chi connectivity index (χ0n) is 11.7. The van der Waals surface area contributed by atoms with Crippen LogP contribution in [-0.4, -0.2) is 27.6 Å². The summed E-state index contributed by atoms with van der Waals surface area (Å²) >= 11 is 0. The molecule has 0 unspecified atom stereocenters. The fraction of sp³-hybridized carbons (Fsp3) is 0.333. The Kier molecular flexibility index (Phi) is 3.53. The molecular formula is C15H17NO4. The summed E-state index contributed by atoms with van der Waals surface area (Å²) in [5, 5.41) is 9.75. The molecule has 0 saturated carbocycles. The summed E-state index contributed by atoms with van der Waals surface area (Å²) < 4.78 is 5.31. The van der Waals surface area contributed by atoms with Crippen LogP contribution in [0.5, 0.6) is 0 Å². The van der Waals surface area contributed by atoms with Crippen molar-refractivity contribution >= 4 is 22.8 Å². The lowest BCUT2D eigenvalue weighted by Gasteiger charge is -2.19. The SMILES string of the molecule is CC(C)(C)OC(=O)c1[nH]c2ccccc2c1CC(=O)O. The summed E-state index contributed by atoms with van der Waals surface area (Å²) in [6.45, 7) is 5.30. The molecule has 0 aliphatic carbocycles. The number of rotatable bonds is 3. The second-order valence-electron chi connectivity index (χ2n) is 5.60. The molecule has 0 amide bonds. The van der Waals surface area contributed by atoms with Crippen LogP contribution in [0.2, 0.25) is 0 Å². The van der Waals surface area contributed by atoms with Crippen LogP contribution in [-0.2, 0) is 16.0 Å². The standard InChI is InChI=1S/C15H17NO4/c1-15(2,3)20-14(19)13-10(8-12(17)18)9-6-4-5-7-11(9)16-13/h4-7,16H,8H2,1-3H3,(H,17,18). The number of hydrogen-bond donors (Lipinski definition) is 2. The average Bonchev–Trinajstić information content (AvgIpc) is 2.66. The van der Waals surface area contributed by atoms with Crippen LogP contribution >= 0.6 is 0 Å². The summed E-state index contributed by atoms with van der Waals surface area (Å²) in [5.41, 5.74) is 0.769. The van der Waals surface area contributed by atoms with E-state index in [9.17, 15) is 9.59 Å². The van der Waals surface area contributed by atoms with Crippen LogP contribution in [0, 0.1) is 0 Å². The molecule has 2 rings (SSSR count). The lowest BCUT2D eigenvalue weighted by Crippen LogP contribution is -2.25. The van der Waals surface area contributed by atoms with E-state index in [-0.39, 0.29) is 12.1 Å². The van der Waals surface area contributed by atoms with Crippen molar-refractivity contribution in [1.29, 1.82) is 0 Å². The van der Waals surface area contributed by atoms with E-state index in [0.29, 0.717) is 5.56 Å². The number of benzene rings is 1. The van der Waals surface area contributed by atoms with Gasteiger partial charge < -0.3 is 14.8 Å². The number of fused-ring (bicyclic) bond motifs is 1. The number of carbonyl (C=O) groups is 2. The van der Waals surface area contributed by atoms with Gasteiger partial charge in [-0.05, 0) is 26.8 Å². The number of hydrogen-bond acceptors (Lipinski definition) is 3. The zero-order valence-corrected chi connectivity index (χ0v) is 11.7. The minimum atomic E-state index is -0.987. The van der Waals surface area contributed by atoms with E-state index in [1.807, 2.05) is 6.07 Å². The Morgan fingerprint density at radius 3 is 2.50 bits per heavy atom. The quantitative estimate of drug-likeness (QED) is 0.844. The van der Waals surface area contributed by atoms with Crippen LogP contribution in [0.1, 0.15) is 36.8 Å². The van der Waals surface area contributed by atoms with Crippen LogP contribution < -0.4 is 0 Å². The smallest absolute Gasteiger partial charge is 0.355 e. The van der Waals surface area contributed by atoms with E-state index in [2.05, 4.69) is 4.98 Å². The minimum absolute atomic E-state index is 0.212. The molecule has 5 nitrogen and oxygen atoms in total. The number of carboxylic acid groups (broad SMARTS) is 1. The van der Waals surface area contributed by atoms with E-state index in [4.69, 9.17) is 9.84 Å². The van der Waals surface area contributed by atoms with Crippen molar-refractivity contribution in [3.63, 3.8) is 0 Å². The maximum Gasteiger partial charge on any atom is 0.355 e. The molecule has 1 heterocycles. The fourth-order valence-corrected chi connectivity index (χ4v) is 2.04. The summed E-state index contributed by atoms with van der Waals surface area (Å²) in [6, 6.07) is 7.22.